The van der Waals surface area contributed by atoms with E-state index in [4.69, 9.17) is 4.74 Å². The zero-order valence-corrected chi connectivity index (χ0v) is 18.9. The first-order valence-electron chi connectivity index (χ1n) is 11.6. The first-order chi connectivity index (χ1) is 15.9. The van der Waals surface area contributed by atoms with Crippen molar-refractivity contribution in [3.05, 3.63) is 88.8 Å². The Morgan fingerprint density at radius 1 is 1.12 bits per heavy atom. The van der Waals surface area contributed by atoms with Gasteiger partial charge in [0.05, 0.1) is 12.7 Å². The summed E-state index contributed by atoms with van der Waals surface area (Å²) in [5.74, 6) is -1.21. The van der Waals surface area contributed by atoms with Crippen LogP contribution in [0, 0.1) is 5.82 Å². The molecule has 4 rings (SSSR count). The molecule has 1 N–H and O–H groups in total. The third-order valence-corrected chi connectivity index (χ3v) is 6.66. The second kappa shape index (κ2) is 9.84. The number of carbonyl (C=O) groups is 2. The van der Waals surface area contributed by atoms with Gasteiger partial charge in [0.25, 0.3) is 0 Å². The molecule has 0 amide bonds. The molecule has 0 radical (unpaired) electrons. The summed E-state index contributed by atoms with van der Waals surface area (Å²) in [6.45, 7) is 1.91. The van der Waals surface area contributed by atoms with E-state index >= 15 is 0 Å². The number of Topliss-reactive ketones (excluding diaryl/α,β-unsaturated/α-hetero) is 1. The number of carbonyl (C=O) groups excluding carboxylic acids is 2. The molecule has 0 bridgehead atoms. The summed E-state index contributed by atoms with van der Waals surface area (Å²) < 4.78 is 18.5. The number of hydrogen-bond donors (Lipinski definition) is 1. The summed E-state index contributed by atoms with van der Waals surface area (Å²) in [4.78, 5) is 23.7. The number of fused-ring (bicyclic) bond motifs is 2. The van der Waals surface area contributed by atoms with Crippen molar-refractivity contribution in [3.8, 4) is 0 Å². The summed E-state index contributed by atoms with van der Waals surface area (Å²) >= 11 is 0. The number of aliphatic hydroxyl groups is 1. The van der Waals surface area contributed by atoms with E-state index in [1.165, 1.54) is 17.7 Å². The smallest absolute Gasteiger partial charge is 0.313 e. The maximum absolute atomic E-state index is 13.6. The Kier molecular flexibility index (Phi) is 6.89. The highest BCUT2D eigenvalue weighted by Gasteiger charge is 2.45. The molecule has 1 unspecified atom stereocenters. The second-order valence-electron chi connectivity index (χ2n) is 8.78. The predicted octanol–water partition coefficient (Wildman–Crippen LogP) is 5.28. The number of halogens is 1. The van der Waals surface area contributed by atoms with Crippen LogP contribution in [0.25, 0.3) is 5.57 Å². The number of benzene rings is 2. The molecule has 1 fully saturated rings. The van der Waals surface area contributed by atoms with Crippen molar-refractivity contribution in [2.24, 2.45) is 0 Å². The van der Waals surface area contributed by atoms with E-state index in [1.807, 2.05) is 12.1 Å². The van der Waals surface area contributed by atoms with Crippen molar-refractivity contribution in [2.75, 3.05) is 6.61 Å². The molecule has 0 aromatic heterocycles. The molecule has 2 aromatic rings. The molecule has 4 nitrogen and oxygen atoms in total. The quantitative estimate of drug-likeness (QED) is 0.441. The van der Waals surface area contributed by atoms with Gasteiger partial charge in [-0.2, -0.15) is 0 Å². The van der Waals surface area contributed by atoms with Crippen molar-refractivity contribution in [2.45, 2.75) is 57.0 Å². The van der Waals surface area contributed by atoms with Gasteiger partial charge in [0.15, 0.2) is 0 Å². The van der Waals surface area contributed by atoms with Gasteiger partial charge in [-0.05, 0) is 59.7 Å². The molecule has 1 atom stereocenters. The molecule has 2 aromatic carbocycles. The minimum absolute atomic E-state index is 0.144. The zero-order chi connectivity index (χ0) is 23.4. The first-order valence-corrected chi connectivity index (χ1v) is 11.6. The van der Waals surface area contributed by atoms with Crippen molar-refractivity contribution in [1.29, 1.82) is 0 Å². The number of ether oxygens (including phenoxy) is 1. The molecule has 5 heteroatoms. The largest absolute Gasteiger partial charge is 0.466 e. The molecule has 0 saturated heterocycles. The van der Waals surface area contributed by atoms with E-state index in [9.17, 15) is 19.1 Å². The van der Waals surface area contributed by atoms with E-state index in [0.29, 0.717) is 0 Å². The average Bonchev–Trinajstić information content (AvgIpc) is 3.37. The summed E-state index contributed by atoms with van der Waals surface area (Å²) in [7, 11) is 0. The lowest BCUT2D eigenvalue weighted by atomic mass is 9.75. The average molecular weight is 449 g/mol. The maximum Gasteiger partial charge on any atom is 0.313 e. The normalized spacial score (nSPS) is 17.5. The van der Waals surface area contributed by atoms with Gasteiger partial charge in [0, 0.05) is 11.8 Å². The SMILES string of the molecule is CCOC(=O)CC(=O)CC(O)C=CC1=C(c2ccc(F)cc2)c2ccccc2C12CCCC2. The summed E-state index contributed by atoms with van der Waals surface area (Å²) in [5.41, 5.74) is 5.34. The second-order valence-corrected chi connectivity index (χ2v) is 8.78. The van der Waals surface area contributed by atoms with Crippen LogP contribution in [0.1, 0.15) is 62.1 Å². The first kappa shape index (κ1) is 23.1. The zero-order valence-electron chi connectivity index (χ0n) is 18.9. The van der Waals surface area contributed by atoms with Crippen LogP contribution in [-0.4, -0.2) is 29.6 Å². The molecule has 0 heterocycles. The molecular formula is C28H29FO4. The molecule has 1 saturated carbocycles. The fourth-order valence-electron chi connectivity index (χ4n) is 5.29. The van der Waals surface area contributed by atoms with Gasteiger partial charge in [-0.1, -0.05) is 61.4 Å². The maximum atomic E-state index is 13.6. The van der Waals surface area contributed by atoms with E-state index in [0.717, 1.165) is 48.0 Å². The number of aliphatic hydroxyl groups excluding tert-OH is 1. The number of rotatable bonds is 8. The van der Waals surface area contributed by atoms with E-state index in [2.05, 4.69) is 18.2 Å². The lowest BCUT2D eigenvalue weighted by Gasteiger charge is -2.28. The van der Waals surface area contributed by atoms with Crippen molar-refractivity contribution in [3.63, 3.8) is 0 Å². The standard InChI is InChI=1S/C28H29FO4/c1-2-33-26(32)18-22(31)17-21(30)13-14-25-27(19-9-11-20(29)12-10-19)23-7-3-4-8-24(23)28(25)15-5-6-16-28/h3-4,7-14,21,30H,2,5-6,15-18H2,1H3. The van der Waals surface area contributed by atoms with Crippen LogP contribution in [0.5, 0.6) is 0 Å². The number of ketones is 1. The highest BCUT2D eigenvalue weighted by atomic mass is 19.1. The summed E-state index contributed by atoms with van der Waals surface area (Å²) in [6.07, 6.45) is 6.34. The lowest BCUT2D eigenvalue weighted by Crippen LogP contribution is -2.22. The number of esters is 1. The predicted molar refractivity (Wildman–Crippen MR) is 125 cm³/mol. The third kappa shape index (κ3) is 4.69. The van der Waals surface area contributed by atoms with Gasteiger partial charge in [-0.25, -0.2) is 4.39 Å². The fraction of sp³-hybridized carbons (Fsp3) is 0.357. The van der Waals surface area contributed by atoms with Crippen molar-refractivity contribution < 1.29 is 23.8 Å². The van der Waals surface area contributed by atoms with Crippen molar-refractivity contribution >= 4 is 17.3 Å². The van der Waals surface area contributed by atoms with Crippen LogP contribution in [0.2, 0.25) is 0 Å². The topological polar surface area (TPSA) is 63.6 Å². The molecule has 2 aliphatic carbocycles. The minimum atomic E-state index is -1.00. The van der Waals surface area contributed by atoms with E-state index in [-0.39, 0.29) is 36.5 Å². The molecule has 33 heavy (non-hydrogen) atoms. The fourth-order valence-corrected chi connectivity index (χ4v) is 5.29. The number of hydrogen-bond acceptors (Lipinski definition) is 4. The Labute approximate surface area is 193 Å². The van der Waals surface area contributed by atoms with Gasteiger partial charge < -0.3 is 9.84 Å². The Bertz CT molecular complexity index is 1090. The van der Waals surface area contributed by atoms with E-state index < -0.39 is 12.1 Å². The lowest BCUT2D eigenvalue weighted by molar-refractivity contribution is -0.145. The number of allylic oxidation sites excluding steroid dienone is 2. The van der Waals surface area contributed by atoms with Crippen LogP contribution in [0.3, 0.4) is 0 Å². The monoisotopic (exact) mass is 448 g/mol. The van der Waals surface area contributed by atoms with Crippen LogP contribution < -0.4 is 0 Å². The van der Waals surface area contributed by atoms with Crippen LogP contribution in [0.4, 0.5) is 4.39 Å². The van der Waals surface area contributed by atoms with Crippen LogP contribution >= 0.6 is 0 Å². The molecular weight excluding hydrogens is 419 g/mol. The summed E-state index contributed by atoms with van der Waals surface area (Å²) in [5, 5.41) is 10.5. The van der Waals surface area contributed by atoms with Gasteiger partial charge in [-0.3, -0.25) is 9.59 Å². The minimum Gasteiger partial charge on any atom is -0.466 e. The van der Waals surface area contributed by atoms with Gasteiger partial charge >= 0.3 is 5.97 Å². The Hall–Kier alpha value is -3.05. The third-order valence-electron chi connectivity index (χ3n) is 6.66. The van der Waals surface area contributed by atoms with Crippen LogP contribution in [0.15, 0.2) is 66.3 Å². The van der Waals surface area contributed by atoms with Gasteiger partial charge in [0.1, 0.15) is 18.0 Å². The molecule has 2 aliphatic rings. The highest BCUT2D eigenvalue weighted by molar-refractivity contribution is 5.96. The molecule has 1 spiro atoms. The molecule has 172 valence electrons. The van der Waals surface area contributed by atoms with E-state index in [1.54, 1.807) is 25.1 Å². The Balaban J connectivity index is 1.68. The highest BCUT2D eigenvalue weighted by Crippen LogP contribution is 2.57. The molecule has 0 aliphatic heterocycles. The van der Waals surface area contributed by atoms with Crippen LogP contribution in [-0.2, 0) is 19.7 Å². The van der Waals surface area contributed by atoms with Crippen molar-refractivity contribution in [1.82, 2.24) is 0 Å². The Morgan fingerprint density at radius 3 is 2.52 bits per heavy atom. The van der Waals surface area contributed by atoms with Gasteiger partial charge in [-0.15, -0.1) is 0 Å². The van der Waals surface area contributed by atoms with Gasteiger partial charge in [0.2, 0.25) is 0 Å². The summed E-state index contributed by atoms with van der Waals surface area (Å²) in [6, 6.07) is 14.9. The Morgan fingerprint density at radius 2 is 1.82 bits per heavy atom.